The summed E-state index contributed by atoms with van der Waals surface area (Å²) in [5, 5.41) is 5.91. The number of rotatable bonds is 7. The van der Waals surface area contributed by atoms with Crippen LogP contribution >= 0.6 is 0 Å². The number of likely N-dealkylation sites (tertiary alicyclic amines) is 2. The molecule has 2 N–H and O–H groups in total. The van der Waals surface area contributed by atoms with Crippen LogP contribution in [0.2, 0.25) is 0 Å². The Balaban J connectivity index is 1.28. The predicted molar refractivity (Wildman–Crippen MR) is 150 cm³/mol. The van der Waals surface area contributed by atoms with E-state index in [4.69, 9.17) is 0 Å². The van der Waals surface area contributed by atoms with E-state index in [2.05, 4.69) is 32.5 Å². The van der Waals surface area contributed by atoms with E-state index in [0.717, 1.165) is 51.4 Å². The van der Waals surface area contributed by atoms with Crippen LogP contribution in [0.15, 0.2) is 30.5 Å². The molecule has 1 saturated carbocycles. The van der Waals surface area contributed by atoms with Crippen molar-refractivity contribution in [2.75, 3.05) is 50.9 Å². The molecule has 5 rings (SSSR count). The van der Waals surface area contributed by atoms with E-state index in [0.29, 0.717) is 37.2 Å². The molecule has 222 valence electrons. The van der Waals surface area contributed by atoms with Crippen LogP contribution in [0, 0.1) is 5.92 Å². The van der Waals surface area contributed by atoms with Crippen molar-refractivity contribution < 1.29 is 22.8 Å². The number of hydrogen-bond acceptors (Lipinski definition) is 7. The third-order valence-corrected chi connectivity index (χ3v) is 8.61. The van der Waals surface area contributed by atoms with Crippen LogP contribution in [0.5, 0.6) is 0 Å². The average Bonchev–Trinajstić information content (AvgIpc) is 3.65. The maximum atomic E-state index is 13.9. The highest BCUT2D eigenvalue weighted by Gasteiger charge is 2.40. The summed E-state index contributed by atoms with van der Waals surface area (Å²) in [5.74, 6) is -0.790. The Labute approximate surface area is 238 Å². The van der Waals surface area contributed by atoms with Gasteiger partial charge in [0.05, 0.1) is 5.92 Å². The first-order chi connectivity index (χ1) is 19.6. The third-order valence-electron chi connectivity index (χ3n) is 8.61. The highest BCUT2D eigenvalue weighted by atomic mass is 19.4. The summed E-state index contributed by atoms with van der Waals surface area (Å²) in [6, 6.07) is 6.50. The number of alkyl halides is 3. The molecule has 3 aliphatic rings. The molecular formula is C29H38F3N7O2. The average molecular weight is 574 g/mol. The van der Waals surface area contributed by atoms with Crippen molar-refractivity contribution in [1.82, 2.24) is 24.7 Å². The van der Waals surface area contributed by atoms with Gasteiger partial charge in [0.15, 0.2) is 0 Å². The number of carbonyl (C=O) groups excluding carboxylic acids is 2. The summed E-state index contributed by atoms with van der Waals surface area (Å²) in [6.07, 6.45) is 1.87. The standard InChI is InChI=1S/C29H38F3N7O2/c1-37-16-12-21(13-17-37)38(2)26(40)19-8-10-20(11-9-19)34-28-33-18-23(29(30,31)32)25(36-28)35-24-7-5-6-22(24)27(41)39-14-3-4-15-39/h8-11,18,21-22,24H,3-7,12-17H2,1-2H3,(H2,33,34,35,36). The highest BCUT2D eigenvalue weighted by Crippen LogP contribution is 2.37. The predicted octanol–water partition coefficient (Wildman–Crippen LogP) is 4.61. The minimum absolute atomic E-state index is 0.00886. The third kappa shape index (κ3) is 6.74. The number of piperidine rings is 1. The molecule has 1 aromatic carbocycles. The van der Waals surface area contributed by atoms with E-state index in [-0.39, 0.29) is 35.5 Å². The second-order valence-electron chi connectivity index (χ2n) is 11.4. The fourth-order valence-corrected chi connectivity index (χ4v) is 6.11. The number of benzene rings is 1. The zero-order valence-electron chi connectivity index (χ0n) is 23.6. The minimum atomic E-state index is -4.66. The second kappa shape index (κ2) is 12.2. The number of halogens is 3. The van der Waals surface area contributed by atoms with Gasteiger partial charge in [-0.3, -0.25) is 9.59 Å². The lowest BCUT2D eigenvalue weighted by molar-refractivity contribution is -0.137. The van der Waals surface area contributed by atoms with Crippen LogP contribution in [0.1, 0.15) is 60.9 Å². The number of anilines is 3. The van der Waals surface area contributed by atoms with Crippen molar-refractivity contribution in [2.24, 2.45) is 5.92 Å². The van der Waals surface area contributed by atoms with Crippen molar-refractivity contribution in [2.45, 2.75) is 63.2 Å². The largest absolute Gasteiger partial charge is 0.421 e. The van der Waals surface area contributed by atoms with Gasteiger partial charge in [-0.15, -0.1) is 0 Å². The molecule has 12 heteroatoms. The van der Waals surface area contributed by atoms with Gasteiger partial charge in [-0.05, 0) is 82.9 Å². The first-order valence-electron chi connectivity index (χ1n) is 14.4. The molecule has 9 nitrogen and oxygen atoms in total. The molecule has 2 unspecified atom stereocenters. The summed E-state index contributed by atoms with van der Waals surface area (Å²) in [5.41, 5.74) is 0.0972. The van der Waals surface area contributed by atoms with E-state index < -0.39 is 17.8 Å². The van der Waals surface area contributed by atoms with Gasteiger partial charge in [0.1, 0.15) is 11.4 Å². The Morgan fingerprint density at radius 2 is 1.66 bits per heavy atom. The number of nitrogens with one attached hydrogen (secondary N) is 2. The second-order valence-corrected chi connectivity index (χ2v) is 11.4. The van der Waals surface area contributed by atoms with Gasteiger partial charge < -0.3 is 25.3 Å². The summed E-state index contributed by atoms with van der Waals surface area (Å²) in [7, 11) is 3.90. The molecule has 0 bridgehead atoms. The van der Waals surface area contributed by atoms with E-state index in [1.165, 1.54) is 0 Å². The van der Waals surface area contributed by atoms with Gasteiger partial charge in [0.25, 0.3) is 5.91 Å². The fourth-order valence-electron chi connectivity index (χ4n) is 6.11. The molecule has 1 aliphatic carbocycles. The van der Waals surface area contributed by atoms with Gasteiger partial charge >= 0.3 is 6.18 Å². The molecule has 1 aromatic heterocycles. The van der Waals surface area contributed by atoms with E-state index >= 15 is 0 Å². The van der Waals surface area contributed by atoms with Crippen LogP contribution < -0.4 is 10.6 Å². The van der Waals surface area contributed by atoms with Gasteiger partial charge in [0, 0.05) is 49.7 Å². The van der Waals surface area contributed by atoms with E-state index in [9.17, 15) is 22.8 Å². The van der Waals surface area contributed by atoms with Crippen molar-refractivity contribution in [3.05, 3.63) is 41.6 Å². The topological polar surface area (TPSA) is 93.7 Å². The maximum Gasteiger partial charge on any atom is 0.421 e. The number of hydrogen-bond donors (Lipinski definition) is 2. The normalized spacial score (nSPS) is 22.1. The zero-order valence-corrected chi connectivity index (χ0v) is 23.6. The summed E-state index contributed by atoms with van der Waals surface area (Å²) in [4.78, 5) is 40.0. The molecule has 0 radical (unpaired) electrons. The number of carbonyl (C=O) groups is 2. The fraction of sp³-hybridized carbons (Fsp3) is 0.586. The molecule has 2 saturated heterocycles. The van der Waals surface area contributed by atoms with Crippen LogP contribution in [0.25, 0.3) is 0 Å². The zero-order chi connectivity index (χ0) is 29.1. The van der Waals surface area contributed by atoms with Crippen molar-refractivity contribution in [1.29, 1.82) is 0 Å². The van der Waals surface area contributed by atoms with Crippen molar-refractivity contribution in [3.63, 3.8) is 0 Å². The molecular weight excluding hydrogens is 535 g/mol. The lowest BCUT2D eigenvalue weighted by Crippen LogP contribution is -2.44. The Morgan fingerprint density at radius 1 is 0.976 bits per heavy atom. The molecule has 3 fully saturated rings. The van der Waals surface area contributed by atoms with Crippen LogP contribution in [-0.4, -0.2) is 88.8 Å². The first kappa shape index (κ1) is 29.1. The molecule has 0 spiro atoms. The van der Waals surface area contributed by atoms with Crippen LogP contribution in [0.4, 0.5) is 30.6 Å². The number of nitrogens with zero attached hydrogens (tertiary/aromatic N) is 5. The Bertz CT molecular complexity index is 1230. The molecule has 2 atom stereocenters. The minimum Gasteiger partial charge on any atom is -0.366 e. The molecule has 2 aromatic rings. The van der Waals surface area contributed by atoms with E-state index in [1.54, 1.807) is 29.2 Å². The van der Waals surface area contributed by atoms with Crippen molar-refractivity contribution >= 4 is 29.3 Å². The molecule has 2 aliphatic heterocycles. The summed E-state index contributed by atoms with van der Waals surface area (Å²) in [6.45, 7) is 3.31. The van der Waals surface area contributed by atoms with Gasteiger partial charge in [-0.2, -0.15) is 18.2 Å². The first-order valence-corrected chi connectivity index (χ1v) is 14.4. The van der Waals surface area contributed by atoms with Crippen LogP contribution in [0.3, 0.4) is 0 Å². The highest BCUT2D eigenvalue weighted by molar-refractivity contribution is 5.94. The quantitative estimate of drug-likeness (QED) is 0.500. The lowest BCUT2D eigenvalue weighted by atomic mass is 10.0. The lowest BCUT2D eigenvalue weighted by Gasteiger charge is -2.35. The molecule has 2 amide bonds. The van der Waals surface area contributed by atoms with Crippen molar-refractivity contribution in [3.8, 4) is 0 Å². The Morgan fingerprint density at radius 3 is 2.32 bits per heavy atom. The Hall–Kier alpha value is -3.41. The maximum absolute atomic E-state index is 13.9. The van der Waals surface area contributed by atoms with Gasteiger partial charge in [-0.25, -0.2) is 4.98 Å². The van der Waals surface area contributed by atoms with Gasteiger partial charge in [0.2, 0.25) is 11.9 Å². The summed E-state index contributed by atoms with van der Waals surface area (Å²) >= 11 is 0. The monoisotopic (exact) mass is 573 g/mol. The number of amides is 2. The van der Waals surface area contributed by atoms with Gasteiger partial charge in [-0.1, -0.05) is 6.42 Å². The summed E-state index contributed by atoms with van der Waals surface area (Å²) < 4.78 is 41.6. The number of aromatic nitrogens is 2. The molecule has 41 heavy (non-hydrogen) atoms. The molecule has 3 heterocycles. The van der Waals surface area contributed by atoms with Crippen LogP contribution in [-0.2, 0) is 11.0 Å². The Kier molecular flexibility index (Phi) is 8.67. The SMILES string of the molecule is CN1CCC(N(C)C(=O)c2ccc(Nc3ncc(C(F)(F)F)c(NC4CCCC4C(=O)N4CCCC4)n3)cc2)CC1. The smallest absolute Gasteiger partial charge is 0.366 e. The van der Waals surface area contributed by atoms with E-state index in [1.807, 2.05) is 11.9 Å².